The smallest absolute Gasteiger partial charge is 0.357 e. The van der Waals surface area contributed by atoms with E-state index in [2.05, 4.69) is 6.07 Å². The van der Waals surface area contributed by atoms with Gasteiger partial charge in [0, 0.05) is 5.70 Å². The first-order valence-electron chi connectivity index (χ1n) is 7.64. The van der Waals surface area contributed by atoms with E-state index in [-0.39, 0.29) is 17.8 Å². The van der Waals surface area contributed by atoms with Crippen LogP contribution >= 0.6 is 0 Å². The molecule has 2 bridgehead atoms. The molecule has 0 saturated carbocycles. The van der Waals surface area contributed by atoms with Crippen molar-refractivity contribution < 1.29 is 19.1 Å². The van der Waals surface area contributed by atoms with E-state index < -0.39 is 17.4 Å². The molecular weight excluding hydrogens is 322 g/mol. The molecule has 4 rings (SSSR count). The van der Waals surface area contributed by atoms with E-state index in [0.29, 0.717) is 5.70 Å². The molecule has 0 aromatic heterocycles. The predicted molar refractivity (Wildman–Crippen MR) is 88.5 cm³/mol. The number of hydrogen-bond donors (Lipinski definition) is 0. The van der Waals surface area contributed by atoms with Crippen LogP contribution in [0.5, 0.6) is 0 Å². The number of hydrogen-bond acceptors (Lipinski definition) is 7. The fourth-order valence-electron chi connectivity index (χ4n) is 3.32. The van der Waals surface area contributed by atoms with Gasteiger partial charge in [0.1, 0.15) is 5.41 Å². The molecule has 3 heterocycles. The minimum Gasteiger partial charge on any atom is -0.466 e. The normalized spacial score (nSPS) is 21.6. The van der Waals surface area contributed by atoms with Gasteiger partial charge in [0.05, 0.1) is 38.1 Å². The summed E-state index contributed by atoms with van der Waals surface area (Å²) in [4.78, 5) is 24.9. The molecule has 0 fully saturated rings. The first-order valence-corrected chi connectivity index (χ1v) is 7.64. The second kappa shape index (κ2) is 5.98. The summed E-state index contributed by atoms with van der Waals surface area (Å²) in [5.74, 6) is -1.42. The Balaban J connectivity index is 2.28. The van der Waals surface area contributed by atoms with Crippen molar-refractivity contribution in [3.8, 4) is 6.07 Å². The lowest BCUT2D eigenvalue weighted by Crippen LogP contribution is -2.59. The van der Waals surface area contributed by atoms with Crippen molar-refractivity contribution in [3.05, 3.63) is 53.4 Å². The monoisotopic (exact) mass is 339 g/mol. The van der Waals surface area contributed by atoms with Crippen LogP contribution in [0.1, 0.15) is 6.92 Å². The van der Waals surface area contributed by atoms with Gasteiger partial charge in [0.15, 0.2) is 5.70 Å². The summed E-state index contributed by atoms with van der Waals surface area (Å²) in [7, 11) is 2.46. The Morgan fingerprint density at radius 2 is 1.80 bits per heavy atom. The average molecular weight is 339 g/mol. The second-order valence-electron chi connectivity index (χ2n) is 5.78. The van der Waals surface area contributed by atoms with Crippen molar-refractivity contribution >= 4 is 17.6 Å². The standard InChI is InChI=1S/C18H17N3O4/c1-12-9-18(10-19)11-20(13-7-5-4-6-8-13)21(12)15(17(23)25-3)14(18)16(22)24-2/h4-9H,11H2,1-3H3. The molecule has 0 N–H and O–H groups in total. The van der Waals surface area contributed by atoms with Crippen LogP contribution in [0.3, 0.4) is 0 Å². The van der Waals surface area contributed by atoms with E-state index in [1.54, 1.807) is 23.0 Å². The highest BCUT2D eigenvalue weighted by molar-refractivity contribution is 6.03. The Kier molecular flexibility index (Phi) is 3.97. The van der Waals surface area contributed by atoms with Crippen molar-refractivity contribution in [2.45, 2.75) is 6.92 Å². The summed E-state index contributed by atoms with van der Waals surface area (Å²) in [6.07, 6.45) is 1.69. The van der Waals surface area contributed by atoms with Crippen molar-refractivity contribution in [1.82, 2.24) is 5.01 Å². The Morgan fingerprint density at radius 3 is 2.36 bits per heavy atom. The van der Waals surface area contributed by atoms with E-state index >= 15 is 0 Å². The van der Waals surface area contributed by atoms with E-state index in [0.717, 1.165) is 5.69 Å². The van der Waals surface area contributed by atoms with Gasteiger partial charge in [-0.3, -0.25) is 10.0 Å². The maximum Gasteiger partial charge on any atom is 0.357 e. The Hall–Kier alpha value is -3.27. The highest BCUT2D eigenvalue weighted by Crippen LogP contribution is 2.47. The van der Waals surface area contributed by atoms with Crippen molar-refractivity contribution in [3.63, 3.8) is 0 Å². The fourth-order valence-corrected chi connectivity index (χ4v) is 3.32. The number of hydrazine groups is 1. The number of nitriles is 1. The largest absolute Gasteiger partial charge is 0.466 e. The molecule has 0 aliphatic carbocycles. The van der Waals surface area contributed by atoms with Crippen LogP contribution in [0.15, 0.2) is 53.4 Å². The minimum atomic E-state index is -1.30. The average Bonchev–Trinajstić information content (AvgIpc) is 2.66. The summed E-state index contributed by atoms with van der Waals surface area (Å²) in [5.41, 5.74) is 0.156. The number of para-hydroxylation sites is 1. The number of esters is 2. The number of methoxy groups -OCH3 is 2. The lowest BCUT2D eigenvalue weighted by molar-refractivity contribution is -0.142. The van der Waals surface area contributed by atoms with E-state index in [1.807, 2.05) is 30.3 Å². The number of carbonyl (C=O) groups excluding carboxylic acids is 2. The predicted octanol–water partition coefficient (Wildman–Crippen LogP) is 1.75. The zero-order valence-electron chi connectivity index (χ0n) is 14.1. The van der Waals surface area contributed by atoms with Crippen LogP contribution in [0.2, 0.25) is 0 Å². The maximum atomic E-state index is 12.5. The molecule has 3 aliphatic heterocycles. The lowest BCUT2D eigenvalue weighted by Gasteiger charge is -2.51. The molecular formula is C18H17N3O4. The van der Waals surface area contributed by atoms with Gasteiger partial charge in [-0.1, -0.05) is 18.2 Å². The topological polar surface area (TPSA) is 82.9 Å². The third kappa shape index (κ3) is 2.34. The molecule has 1 atom stereocenters. The maximum absolute atomic E-state index is 12.5. The Labute approximate surface area is 145 Å². The van der Waals surface area contributed by atoms with Crippen LogP contribution in [-0.2, 0) is 19.1 Å². The molecule has 1 unspecified atom stereocenters. The fraction of sp³-hybridized carbons (Fsp3) is 0.278. The van der Waals surface area contributed by atoms with E-state index in [1.165, 1.54) is 14.2 Å². The quantitative estimate of drug-likeness (QED) is 0.776. The van der Waals surface area contributed by atoms with Crippen LogP contribution in [0.25, 0.3) is 0 Å². The van der Waals surface area contributed by atoms with Crippen LogP contribution < -0.4 is 5.01 Å². The third-order valence-corrected chi connectivity index (χ3v) is 4.35. The molecule has 7 heteroatoms. The van der Waals surface area contributed by atoms with Gasteiger partial charge in [-0.15, -0.1) is 0 Å². The van der Waals surface area contributed by atoms with Gasteiger partial charge in [0.2, 0.25) is 0 Å². The number of rotatable bonds is 3. The van der Waals surface area contributed by atoms with E-state index in [4.69, 9.17) is 9.47 Å². The molecule has 0 amide bonds. The highest BCUT2D eigenvalue weighted by atomic mass is 16.5. The number of fused-ring (bicyclic) bond motifs is 1. The lowest BCUT2D eigenvalue weighted by atomic mass is 9.74. The molecule has 128 valence electrons. The van der Waals surface area contributed by atoms with Gasteiger partial charge in [-0.2, -0.15) is 5.26 Å². The first-order chi connectivity index (χ1) is 12.0. The molecule has 0 spiro atoms. The van der Waals surface area contributed by atoms with E-state index in [9.17, 15) is 14.9 Å². The summed E-state index contributed by atoms with van der Waals surface area (Å²) in [6, 6.07) is 11.5. The summed E-state index contributed by atoms with van der Waals surface area (Å²) < 4.78 is 9.72. The summed E-state index contributed by atoms with van der Waals surface area (Å²) in [6.45, 7) is 1.97. The number of anilines is 1. The summed E-state index contributed by atoms with van der Waals surface area (Å²) >= 11 is 0. The van der Waals surface area contributed by atoms with Crippen LogP contribution in [0, 0.1) is 16.7 Å². The van der Waals surface area contributed by atoms with Gasteiger partial charge in [-0.05, 0) is 25.1 Å². The first kappa shape index (κ1) is 16.6. The van der Waals surface area contributed by atoms with Crippen LogP contribution in [-0.4, -0.2) is 37.7 Å². The molecule has 0 saturated heterocycles. The molecule has 25 heavy (non-hydrogen) atoms. The van der Waals surface area contributed by atoms with Gasteiger partial charge in [-0.25, -0.2) is 9.59 Å². The highest BCUT2D eigenvalue weighted by Gasteiger charge is 2.54. The van der Waals surface area contributed by atoms with Gasteiger partial charge < -0.3 is 9.47 Å². The number of benzene rings is 1. The van der Waals surface area contributed by atoms with Crippen molar-refractivity contribution in [1.29, 1.82) is 5.26 Å². The zero-order chi connectivity index (χ0) is 18.2. The van der Waals surface area contributed by atoms with Crippen LogP contribution in [0.4, 0.5) is 5.69 Å². The Morgan fingerprint density at radius 1 is 1.16 bits per heavy atom. The van der Waals surface area contributed by atoms with Gasteiger partial charge >= 0.3 is 11.9 Å². The number of nitrogens with zero attached hydrogens (tertiary/aromatic N) is 3. The molecule has 0 radical (unpaired) electrons. The van der Waals surface area contributed by atoms with Crippen molar-refractivity contribution in [2.75, 3.05) is 25.8 Å². The van der Waals surface area contributed by atoms with Crippen molar-refractivity contribution in [2.24, 2.45) is 5.41 Å². The Bertz CT molecular complexity index is 838. The number of carbonyl (C=O) groups is 2. The summed E-state index contributed by atoms with van der Waals surface area (Å²) in [5, 5.41) is 13.3. The van der Waals surface area contributed by atoms with Gasteiger partial charge in [0.25, 0.3) is 0 Å². The molecule has 7 nitrogen and oxygen atoms in total. The SMILES string of the molecule is COC(=O)C1=C(C(=O)OC)C2(C#N)C=C(C)N1N(c1ccccc1)C2. The molecule has 3 aliphatic rings. The molecule has 1 aromatic rings. The zero-order valence-corrected chi connectivity index (χ0v) is 14.1. The minimum absolute atomic E-state index is 0.00197. The number of allylic oxidation sites excluding steroid dienone is 1. The third-order valence-electron chi connectivity index (χ3n) is 4.35. The second-order valence-corrected chi connectivity index (χ2v) is 5.78. The number of ether oxygens (including phenoxy) is 2. The molecule has 1 aromatic carbocycles.